The molecule has 2 aromatic rings. The summed E-state index contributed by atoms with van der Waals surface area (Å²) in [6, 6.07) is 17.7. The summed E-state index contributed by atoms with van der Waals surface area (Å²) < 4.78 is 5.23. The molecule has 0 saturated carbocycles. The summed E-state index contributed by atoms with van der Waals surface area (Å²) in [5, 5.41) is 6.04. The van der Waals surface area contributed by atoms with Gasteiger partial charge in [-0.05, 0) is 36.2 Å². The number of hydrogen-bond donors (Lipinski definition) is 2. The van der Waals surface area contributed by atoms with Gasteiger partial charge in [-0.1, -0.05) is 30.3 Å². The Hall–Kier alpha value is -2.29. The van der Waals surface area contributed by atoms with E-state index in [1.54, 1.807) is 14.2 Å². The lowest BCUT2D eigenvalue weighted by Crippen LogP contribution is -2.43. The highest BCUT2D eigenvalue weighted by atomic mass is 127. The van der Waals surface area contributed by atoms with Gasteiger partial charge in [-0.3, -0.25) is 9.79 Å². The summed E-state index contributed by atoms with van der Waals surface area (Å²) in [6.45, 7) is 1.98. The van der Waals surface area contributed by atoms with Crippen LogP contribution in [0.4, 0.5) is 5.69 Å². The van der Waals surface area contributed by atoms with Crippen LogP contribution in [-0.4, -0.2) is 50.6 Å². The fourth-order valence-corrected chi connectivity index (χ4v) is 3.32. The third-order valence-corrected chi connectivity index (χ3v) is 4.75. The van der Waals surface area contributed by atoms with E-state index in [1.807, 2.05) is 42.5 Å². The van der Waals surface area contributed by atoms with Crippen molar-refractivity contribution < 1.29 is 9.53 Å². The molecule has 1 unspecified atom stereocenters. The molecule has 2 N–H and O–H groups in total. The highest BCUT2D eigenvalue weighted by Gasteiger charge is 2.26. The lowest BCUT2D eigenvalue weighted by molar-refractivity contribution is -0.115. The van der Waals surface area contributed by atoms with Crippen molar-refractivity contribution in [3.8, 4) is 5.75 Å². The van der Waals surface area contributed by atoms with Crippen molar-refractivity contribution in [3.05, 3.63) is 60.2 Å². The second-order valence-corrected chi connectivity index (χ2v) is 6.52. The van der Waals surface area contributed by atoms with E-state index in [2.05, 4.69) is 32.7 Å². The number of para-hydroxylation sites is 1. The molecule has 6 nitrogen and oxygen atoms in total. The zero-order valence-electron chi connectivity index (χ0n) is 16.2. The molecule has 0 bridgehead atoms. The van der Waals surface area contributed by atoms with E-state index >= 15 is 0 Å². The quantitative estimate of drug-likeness (QED) is 0.381. The van der Waals surface area contributed by atoms with Crippen LogP contribution in [0.2, 0.25) is 0 Å². The van der Waals surface area contributed by atoms with Gasteiger partial charge in [-0.25, -0.2) is 0 Å². The van der Waals surface area contributed by atoms with Crippen LogP contribution in [0.5, 0.6) is 5.75 Å². The molecule has 1 aliphatic heterocycles. The number of hydrogen-bond acceptors (Lipinski definition) is 3. The van der Waals surface area contributed by atoms with E-state index in [0.29, 0.717) is 5.92 Å². The smallest absolute Gasteiger partial charge is 0.243 e. The Morgan fingerprint density at radius 1 is 1.18 bits per heavy atom. The molecule has 7 heteroatoms. The lowest BCUT2D eigenvalue weighted by Gasteiger charge is -2.21. The molecule has 0 spiro atoms. The number of rotatable bonds is 5. The number of nitrogens with zero attached hydrogens (tertiary/aromatic N) is 2. The largest absolute Gasteiger partial charge is 0.497 e. The van der Waals surface area contributed by atoms with Crippen molar-refractivity contribution in [1.82, 2.24) is 10.2 Å². The monoisotopic (exact) mass is 494 g/mol. The van der Waals surface area contributed by atoms with Crippen LogP contribution >= 0.6 is 24.0 Å². The molecule has 1 aliphatic rings. The lowest BCUT2D eigenvalue weighted by atomic mass is 9.98. The predicted molar refractivity (Wildman–Crippen MR) is 124 cm³/mol. The first kappa shape index (κ1) is 22.0. The van der Waals surface area contributed by atoms with Crippen molar-refractivity contribution >= 4 is 41.5 Å². The molecule has 1 fully saturated rings. The number of ether oxygens (including phenoxy) is 1. The number of aliphatic imine (C=N–C) groups is 1. The number of anilines is 1. The first-order chi connectivity index (χ1) is 13.2. The molecular formula is C21H27IN4O2. The third-order valence-electron chi connectivity index (χ3n) is 4.75. The molecule has 1 atom stereocenters. The standard InChI is InChI=1S/C21H26N4O2.HI/c1-22-21(23-14-20(26)24-18-6-4-3-5-7-18)25-13-12-17(15-25)16-8-10-19(27-2)11-9-16;/h3-11,17H,12-15H2,1-2H3,(H,22,23)(H,24,26);1H. The average molecular weight is 494 g/mol. The summed E-state index contributed by atoms with van der Waals surface area (Å²) in [6.07, 6.45) is 1.06. The molecule has 1 saturated heterocycles. The van der Waals surface area contributed by atoms with E-state index in [9.17, 15) is 4.79 Å². The second-order valence-electron chi connectivity index (χ2n) is 6.52. The van der Waals surface area contributed by atoms with E-state index in [1.165, 1.54) is 5.56 Å². The van der Waals surface area contributed by atoms with Gasteiger partial charge >= 0.3 is 0 Å². The Kier molecular flexibility index (Phi) is 8.56. The first-order valence-electron chi connectivity index (χ1n) is 9.14. The summed E-state index contributed by atoms with van der Waals surface area (Å²) in [5.41, 5.74) is 2.09. The van der Waals surface area contributed by atoms with Crippen molar-refractivity contribution in [2.75, 3.05) is 39.1 Å². The maximum absolute atomic E-state index is 12.1. The maximum Gasteiger partial charge on any atom is 0.243 e. The Morgan fingerprint density at radius 3 is 2.54 bits per heavy atom. The van der Waals surface area contributed by atoms with Gasteiger partial charge in [0.25, 0.3) is 0 Å². The molecule has 28 heavy (non-hydrogen) atoms. The van der Waals surface area contributed by atoms with Gasteiger partial charge in [0.15, 0.2) is 5.96 Å². The number of carbonyl (C=O) groups excluding carboxylic acids is 1. The Morgan fingerprint density at radius 2 is 1.89 bits per heavy atom. The van der Waals surface area contributed by atoms with Gasteiger partial charge in [-0.2, -0.15) is 0 Å². The van der Waals surface area contributed by atoms with Crippen molar-refractivity contribution in [2.45, 2.75) is 12.3 Å². The third kappa shape index (κ3) is 5.85. The molecule has 3 rings (SSSR count). The van der Waals surface area contributed by atoms with Gasteiger partial charge in [0.2, 0.25) is 5.91 Å². The van der Waals surface area contributed by atoms with Gasteiger partial charge in [0, 0.05) is 31.7 Å². The minimum Gasteiger partial charge on any atom is -0.497 e. The van der Waals surface area contributed by atoms with Crippen molar-refractivity contribution in [3.63, 3.8) is 0 Å². The number of nitrogens with one attached hydrogen (secondary N) is 2. The van der Waals surface area contributed by atoms with Crippen LogP contribution < -0.4 is 15.4 Å². The van der Waals surface area contributed by atoms with Crippen LogP contribution in [0.3, 0.4) is 0 Å². The predicted octanol–water partition coefficient (Wildman–Crippen LogP) is 3.32. The Balaban J connectivity index is 0.00000280. The molecule has 2 aromatic carbocycles. The number of likely N-dealkylation sites (tertiary alicyclic amines) is 1. The van der Waals surface area contributed by atoms with E-state index in [0.717, 1.165) is 36.9 Å². The summed E-state index contributed by atoms with van der Waals surface area (Å²) >= 11 is 0. The normalized spacial score (nSPS) is 16.3. The summed E-state index contributed by atoms with van der Waals surface area (Å²) in [5.74, 6) is 1.99. The van der Waals surface area contributed by atoms with E-state index in [4.69, 9.17) is 4.74 Å². The molecule has 0 aromatic heterocycles. The average Bonchev–Trinajstić information content (AvgIpc) is 3.19. The number of halogens is 1. The highest BCUT2D eigenvalue weighted by molar-refractivity contribution is 14.0. The fourth-order valence-electron chi connectivity index (χ4n) is 3.32. The van der Waals surface area contributed by atoms with Crippen LogP contribution in [0.25, 0.3) is 0 Å². The fraction of sp³-hybridized carbons (Fsp3) is 0.333. The number of guanidine groups is 1. The molecule has 0 radical (unpaired) electrons. The maximum atomic E-state index is 12.1. The van der Waals surface area contributed by atoms with Gasteiger partial charge in [-0.15, -0.1) is 24.0 Å². The number of methoxy groups -OCH3 is 1. The second kappa shape index (κ2) is 10.9. The van der Waals surface area contributed by atoms with Crippen molar-refractivity contribution in [1.29, 1.82) is 0 Å². The summed E-state index contributed by atoms with van der Waals surface area (Å²) in [7, 11) is 3.42. The highest BCUT2D eigenvalue weighted by Crippen LogP contribution is 2.28. The SMILES string of the molecule is CN=C(NCC(=O)Nc1ccccc1)N1CCC(c2ccc(OC)cc2)C1.I. The topological polar surface area (TPSA) is 66.0 Å². The summed E-state index contributed by atoms with van der Waals surface area (Å²) in [4.78, 5) is 18.7. The van der Waals surface area contributed by atoms with Crippen LogP contribution in [0.1, 0.15) is 17.9 Å². The zero-order chi connectivity index (χ0) is 19.1. The minimum atomic E-state index is -0.0896. The number of benzene rings is 2. The van der Waals surface area contributed by atoms with Crippen LogP contribution in [0.15, 0.2) is 59.6 Å². The number of amides is 1. The van der Waals surface area contributed by atoms with Crippen LogP contribution in [-0.2, 0) is 4.79 Å². The molecule has 1 heterocycles. The Bertz CT molecular complexity index is 781. The van der Waals surface area contributed by atoms with E-state index in [-0.39, 0.29) is 36.4 Å². The number of carbonyl (C=O) groups is 1. The van der Waals surface area contributed by atoms with Gasteiger partial charge in [0.1, 0.15) is 5.75 Å². The molecule has 1 amide bonds. The Labute approximate surface area is 183 Å². The van der Waals surface area contributed by atoms with E-state index < -0.39 is 0 Å². The van der Waals surface area contributed by atoms with Gasteiger partial charge in [0.05, 0.1) is 13.7 Å². The van der Waals surface area contributed by atoms with Crippen molar-refractivity contribution in [2.24, 2.45) is 4.99 Å². The molecule has 150 valence electrons. The molecule has 0 aliphatic carbocycles. The minimum absolute atomic E-state index is 0. The molecular weight excluding hydrogens is 467 g/mol. The van der Waals surface area contributed by atoms with Crippen LogP contribution in [0, 0.1) is 0 Å². The van der Waals surface area contributed by atoms with Gasteiger partial charge < -0.3 is 20.3 Å². The zero-order valence-corrected chi connectivity index (χ0v) is 18.6. The first-order valence-corrected chi connectivity index (χ1v) is 9.14.